The normalized spacial score (nSPS) is 11.0. The van der Waals surface area contributed by atoms with E-state index in [1.807, 2.05) is 37.3 Å². The van der Waals surface area contributed by atoms with Crippen molar-refractivity contribution in [1.29, 1.82) is 10.5 Å². The standard InChI is InChI=1S/C24H23N5O3/c1-24(22-9-4-7-19(16-25)28-22,23-10-5-8-20(17-26)29-23)32-15-14-30-12-13-31-18-21-6-2-3-11-27-21/h2-11H,12-15,18H2,1H3. The number of aromatic nitrogens is 3. The van der Waals surface area contributed by atoms with Gasteiger partial charge in [-0.1, -0.05) is 18.2 Å². The largest absolute Gasteiger partial charge is 0.377 e. The molecule has 0 bridgehead atoms. The second-order valence-electron chi connectivity index (χ2n) is 6.91. The third-order valence-electron chi connectivity index (χ3n) is 4.67. The molecule has 0 aliphatic rings. The molecule has 8 nitrogen and oxygen atoms in total. The van der Waals surface area contributed by atoms with Crippen LogP contribution in [0.5, 0.6) is 0 Å². The number of nitrogens with zero attached hydrogens (tertiary/aromatic N) is 5. The smallest absolute Gasteiger partial charge is 0.149 e. The highest BCUT2D eigenvalue weighted by Crippen LogP contribution is 2.31. The van der Waals surface area contributed by atoms with Crippen molar-refractivity contribution in [3.63, 3.8) is 0 Å². The summed E-state index contributed by atoms with van der Waals surface area (Å²) in [5.41, 5.74) is 1.41. The SMILES string of the molecule is CC(OCCOCCOCc1ccccn1)(c1cccc(C#N)n1)c1cccc(C#N)n1. The van der Waals surface area contributed by atoms with Gasteiger partial charge in [0, 0.05) is 6.20 Å². The van der Waals surface area contributed by atoms with Crippen LogP contribution in [-0.2, 0) is 26.4 Å². The molecule has 0 saturated carbocycles. The van der Waals surface area contributed by atoms with Crippen molar-refractivity contribution < 1.29 is 14.2 Å². The molecule has 0 aliphatic carbocycles. The van der Waals surface area contributed by atoms with Gasteiger partial charge >= 0.3 is 0 Å². The Hall–Kier alpha value is -3.69. The molecule has 0 radical (unpaired) electrons. The maximum absolute atomic E-state index is 9.22. The van der Waals surface area contributed by atoms with Crippen LogP contribution in [0.15, 0.2) is 60.8 Å². The number of hydrogen-bond donors (Lipinski definition) is 0. The van der Waals surface area contributed by atoms with Gasteiger partial charge in [0.15, 0.2) is 0 Å². The third-order valence-corrected chi connectivity index (χ3v) is 4.67. The first-order chi connectivity index (χ1) is 15.7. The van der Waals surface area contributed by atoms with Gasteiger partial charge in [-0.2, -0.15) is 10.5 Å². The second kappa shape index (κ2) is 11.6. The minimum atomic E-state index is -1.06. The van der Waals surface area contributed by atoms with Crippen molar-refractivity contribution in [2.24, 2.45) is 0 Å². The van der Waals surface area contributed by atoms with Crippen molar-refractivity contribution in [2.45, 2.75) is 19.1 Å². The number of ether oxygens (including phenoxy) is 3. The Morgan fingerprint density at radius 3 is 2.00 bits per heavy atom. The van der Waals surface area contributed by atoms with Crippen LogP contribution in [0.3, 0.4) is 0 Å². The highest BCUT2D eigenvalue weighted by molar-refractivity contribution is 5.33. The molecule has 0 atom stereocenters. The van der Waals surface area contributed by atoms with Crippen molar-refractivity contribution in [1.82, 2.24) is 15.0 Å². The zero-order valence-corrected chi connectivity index (χ0v) is 17.8. The van der Waals surface area contributed by atoms with Crippen LogP contribution in [0.2, 0.25) is 0 Å². The Morgan fingerprint density at radius 1 is 0.781 bits per heavy atom. The number of pyridine rings is 3. The first-order valence-corrected chi connectivity index (χ1v) is 10.1. The van der Waals surface area contributed by atoms with Gasteiger partial charge in [-0.3, -0.25) is 4.98 Å². The number of nitriles is 2. The average Bonchev–Trinajstić information content (AvgIpc) is 2.86. The second-order valence-corrected chi connectivity index (χ2v) is 6.91. The summed E-state index contributed by atoms with van der Waals surface area (Å²) < 4.78 is 17.3. The lowest BCUT2D eigenvalue weighted by molar-refractivity contribution is -0.0486. The van der Waals surface area contributed by atoms with E-state index in [2.05, 4.69) is 15.0 Å². The minimum Gasteiger partial charge on any atom is -0.377 e. The van der Waals surface area contributed by atoms with Crippen LogP contribution >= 0.6 is 0 Å². The van der Waals surface area contributed by atoms with Gasteiger partial charge in [-0.05, 0) is 43.3 Å². The van der Waals surface area contributed by atoms with E-state index < -0.39 is 5.60 Å². The monoisotopic (exact) mass is 429 g/mol. The van der Waals surface area contributed by atoms with E-state index >= 15 is 0 Å². The molecule has 0 N–H and O–H groups in total. The van der Waals surface area contributed by atoms with E-state index in [-0.39, 0.29) is 18.0 Å². The number of rotatable bonds is 11. The van der Waals surface area contributed by atoms with Crippen molar-refractivity contribution in [3.8, 4) is 12.1 Å². The predicted octanol–water partition coefficient (Wildman–Crippen LogP) is 3.13. The van der Waals surface area contributed by atoms with Crippen molar-refractivity contribution in [3.05, 3.63) is 89.3 Å². The minimum absolute atomic E-state index is 0.258. The Labute approximate surface area is 187 Å². The lowest BCUT2D eigenvalue weighted by Crippen LogP contribution is -2.32. The molecule has 0 unspecified atom stereocenters. The van der Waals surface area contributed by atoms with E-state index in [1.54, 1.807) is 42.6 Å². The van der Waals surface area contributed by atoms with Crippen LogP contribution in [0.25, 0.3) is 0 Å². The zero-order chi connectivity index (χ0) is 22.7. The molecular formula is C24H23N5O3. The van der Waals surface area contributed by atoms with E-state index in [9.17, 15) is 10.5 Å². The van der Waals surface area contributed by atoms with Crippen LogP contribution in [0.1, 0.15) is 35.4 Å². The van der Waals surface area contributed by atoms with Crippen molar-refractivity contribution >= 4 is 0 Å². The molecular weight excluding hydrogens is 406 g/mol. The van der Waals surface area contributed by atoms with Gasteiger partial charge in [-0.25, -0.2) is 9.97 Å². The maximum Gasteiger partial charge on any atom is 0.149 e. The Bertz CT molecular complexity index is 1040. The summed E-state index contributed by atoms with van der Waals surface area (Å²) in [6.07, 6.45) is 1.73. The Kier molecular flexibility index (Phi) is 8.36. The van der Waals surface area contributed by atoms with E-state index in [4.69, 9.17) is 14.2 Å². The molecule has 0 saturated heterocycles. The maximum atomic E-state index is 9.22. The summed E-state index contributed by atoms with van der Waals surface area (Å²) in [5.74, 6) is 0. The number of hydrogen-bond acceptors (Lipinski definition) is 8. The van der Waals surface area contributed by atoms with E-state index in [1.165, 1.54) is 0 Å². The fourth-order valence-electron chi connectivity index (χ4n) is 2.99. The molecule has 3 rings (SSSR count). The van der Waals surface area contributed by atoms with E-state index in [0.29, 0.717) is 37.8 Å². The Morgan fingerprint density at radius 2 is 1.41 bits per heavy atom. The molecule has 162 valence electrons. The summed E-state index contributed by atoms with van der Waals surface area (Å²) in [5, 5.41) is 18.4. The van der Waals surface area contributed by atoms with Crippen LogP contribution in [0.4, 0.5) is 0 Å². The van der Waals surface area contributed by atoms with Crippen LogP contribution in [0, 0.1) is 22.7 Å². The average molecular weight is 429 g/mol. The predicted molar refractivity (Wildman–Crippen MR) is 115 cm³/mol. The molecule has 0 aromatic carbocycles. The molecule has 8 heteroatoms. The third kappa shape index (κ3) is 6.16. The molecule has 32 heavy (non-hydrogen) atoms. The van der Waals surface area contributed by atoms with Gasteiger partial charge in [-0.15, -0.1) is 0 Å². The van der Waals surface area contributed by atoms with Gasteiger partial charge in [0.25, 0.3) is 0 Å². The topological polar surface area (TPSA) is 114 Å². The summed E-state index contributed by atoms with van der Waals surface area (Å²) in [6.45, 7) is 3.69. The molecule has 0 aliphatic heterocycles. The van der Waals surface area contributed by atoms with Gasteiger partial charge < -0.3 is 14.2 Å². The highest BCUT2D eigenvalue weighted by Gasteiger charge is 2.33. The van der Waals surface area contributed by atoms with Crippen molar-refractivity contribution in [2.75, 3.05) is 26.4 Å². The highest BCUT2D eigenvalue weighted by atomic mass is 16.5. The quantitative estimate of drug-likeness (QED) is 0.427. The Balaban J connectivity index is 1.57. The zero-order valence-electron chi connectivity index (χ0n) is 17.8. The van der Waals surface area contributed by atoms with Gasteiger partial charge in [0.05, 0.1) is 50.1 Å². The lowest BCUT2D eigenvalue weighted by Gasteiger charge is -2.29. The molecule has 3 aromatic rings. The first-order valence-electron chi connectivity index (χ1n) is 10.1. The fraction of sp³-hybridized carbons (Fsp3) is 0.292. The summed E-state index contributed by atoms with van der Waals surface area (Å²) in [4.78, 5) is 13.0. The molecule has 3 heterocycles. The molecule has 0 spiro atoms. The summed E-state index contributed by atoms with van der Waals surface area (Å²) >= 11 is 0. The van der Waals surface area contributed by atoms with Gasteiger partial charge in [0.1, 0.15) is 29.1 Å². The molecule has 3 aromatic heterocycles. The van der Waals surface area contributed by atoms with Gasteiger partial charge in [0.2, 0.25) is 0 Å². The summed E-state index contributed by atoms with van der Waals surface area (Å²) in [6, 6.07) is 20.0. The summed E-state index contributed by atoms with van der Waals surface area (Å²) in [7, 11) is 0. The molecule has 0 amide bonds. The van der Waals surface area contributed by atoms with E-state index in [0.717, 1.165) is 5.69 Å². The lowest BCUT2D eigenvalue weighted by atomic mass is 9.95. The molecule has 0 fully saturated rings. The van der Waals surface area contributed by atoms with Crippen LogP contribution in [-0.4, -0.2) is 41.4 Å². The van der Waals surface area contributed by atoms with Crippen LogP contribution < -0.4 is 0 Å². The first kappa shape index (κ1) is 23.0. The fourth-order valence-corrected chi connectivity index (χ4v) is 2.99.